The molecule has 0 spiro atoms. The number of fused-ring (bicyclic) bond motifs is 1. The summed E-state index contributed by atoms with van der Waals surface area (Å²) < 4.78 is 10.4. The van der Waals surface area contributed by atoms with Gasteiger partial charge in [-0.2, -0.15) is 0 Å². The summed E-state index contributed by atoms with van der Waals surface area (Å²) in [4.78, 5) is 25.6. The molecule has 2 aromatic rings. The number of allylic oxidation sites excluding steroid dienone is 1. The van der Waals surface area contributed by atoms with Gasteiger partial charge in [-0.3, -0.25) is 0 Å². The second-order valence-corrected chi connectivity index (χ2v) is 7.81. The van der Waals surface area contributed by atoms with E-state index in [-0.39, 0.29) is 18.8 Å². The van der Waals surface area contributed by atoms with Crippen LogP contribution in [0, 0.1) is 0 Å². The number of halogens is 1. The molecule has 5 nitrogen and oxygen atoms in total. The first-order valence-corrected chi connectivity index (χ1v) is 11.1. The van der Waals surface area contributed by atoms with Crippen molar-refractivity contribution in [2.45, 2.75) is 46.0 Å². The summed E-state index contributed by atoms with van der Waals surface area (Å²) in [5, 5.41) is 4.01. The summed E-state index contributed by atoms with van der Waals surface area (Å²) in [5.74, 6) is -1.38. The maximum atomic E-state index is 12.8. The normalized spacial score (nSPS) is 12.5. The van der Waals surface area contributed by atoms with Gasteiger partial charge in [0.05, 0.1) is 13.2 Å². The summed E-state index contributed by atoms with van der Waals surface area (Å²) in [6.07, 6.45) is 4.60. The lowest BCUT2D eigenvalue weighted by Gasteiger charge is -2.22. The second-order valence-electron chi connectivity index (χ2n) is 7.37. The molecular formula is C25H28ClNO4. The van der Waals surface area contributed by atoms with Gasteiger partial charge in [-0.15, -0.1) is 0 Å². The fourth-order valence-electron chi connectivity index (χ4n) is 3.80. The molecule has 0 amide bonds. The van der Waals surface area contributed by atoms with Crippen LogP contribution < -0.4 is 5.32 Å². The molecule has 31 heavy (non-hydrogen) atoms. The van der Waals surface area contributed by atoms with E-state index in [9.17, 15) is 9.59 Å². The maximum Gasteiger partial charge on any atom is 0.347 e. The van der Waals surface area contributed by atoms with Gasteiger partial charge in [0.25, 0.3) is 0 Å². The predicted molar refractivity (Wildman–Crippen MR) is 122 cm³/mol. The van der Waals surface area contributed by atoms with E-state index in [1.54, 1.807) is 26.0 Å². The zero-order valence-electron chi connectivity index (χ0n) is 18.0. The lowest BCUT2D eigenvalue weighted by Crippen LogP contribution is -2.24. The average Bonchev–Trinajstić information content (AvgIpc) is 2.76. The third kappa shape index (κ3) is 5.88. The maximum absolute atomic E-state index is 12.8. The Labute approximate surface area is 188 Å². The number of benzene rings is 2. The molecule has 6 heteroatoms. The number of hydrogen-bond acceptors (Lipinski definition) is 5. The van der Waals surface area contributed by atoms with Crippen molar-refractivity contribution < 1.29 is 19.1 Å². The predicted octanol–water partition coefficient (Wildman–Crippen LogP) is 5.25. The van der Waals surface area contributed by atoms with Crippen molar-refractivity contribution in [3.8, 4) is 0 Å². The molecule has 0 fully saturated rings. The van der Waals surface area contributed by atoms with Gasteiger partial charge < -0.3 is 14.8 Å². The van der Waals surface area contributed by atoms with Gasteiger partial charge in [0.1, 0.15) is 0 Å². The zero-order valence-corrected chi connectivity index (χ0v) is 18.8. The Kier molecular flexibility index (Phi) is 8.13. The van der Waals surface area contributed by atoms with E-state index in [1.165, 1.54) is 17.5 Å². The number of hydrogen-bond donors (Lipinski definition) is 1. The lowest BCUT2D eigenvalue weighted by atomic mass is 9.90. The molecule has 0 aromatic heterocycles. The van der Waals surface area contributed by atoms with Crippen LogP contribution in [0.1, 0.15) is 43.4 Å². The van der Waals surface area contributed by atoms with E-state index in [0.29, 0.717) is 17.1 Å². The summed E-state index contributed by atoms with van der Waals surface area (Å²) in [6, 6.07) is 13.4. The average molecular weight is 442 g/mol. The molecule has 3 rings (SSSR count). The fourth-order valence-corrected chi connectivity index (χ4v) is 3.92. The lowest BCUT2D eigenvalue weighted by molar-refractivity contribution is -0.146. The van der Waals surface area contributed by atoms with Crippen LogP contribution in [-0.2, 0) is 38.3 Å². The van der Waals surface area contributed by atoms with Crippen LogP contribution in [0.2, 0.25) is 5.02 Å². The Bertz CT molecular complexity index is 946. The fraction of sp³-hybridized carbons (Fsp3) is 0.360. The first-order valence-electron chi connectivity index (χ1n) is 10.7. The van der Waals surface area contributed by atoms with Crippen molar-refractivity contribution in [2.24, 2.45) is 0 Å². The highest BCUT2D eigenvalue weighted by Crippen LogP contribution is 2.30. The van der Waals surface area contributed by atoms with Gasteiger partial charge in [-0.25, -0.2) is 9.59 Å². The van der Waals surface area contributed by atoms with Crippen LogP contribution in [0.15, 0.2) is 53.7 Å². The number of nitrogens with one attached hydrogen (secondary N) is 1. The Hall–Kier alpha value is -2.79. The van der Waals surface area contributed by atoms with Gasteiger partial charge in [0, 0.05) is 22.8 Å². The summed E-state index contributed by atoms with van der Waals surface area (Å²) in [7, 11) is 0. The van der Waals surface area contributed by atoms with Crippen LogP contribution in [0.25, 0.3) is 0 Å². The molecule has 0 heterocycles. The number of carbonyl (C=O) groups excluding carboxylic acids is 2. The molecule has 164 valence electrons. The molecule has 0 radical (unpaired) electrons. The van der Waals surface area contributed by atoms with Gasteiger partial charge in [0.15, 0.2) is 5.57 Å². The van der Waals surface area contributed by atoms with E-state index >= 15 is 0 Å². The van der Waals surface area contributed by atoms with E-state index in [2.05, 4.69) is 11.4 Å². The standard InChI is InChI=1S/C25H28ClNO4/c1-3-30-24(28)23(25(29)31-4-2)22(16-17-12-14-19(26)15-13-17)27-21-11-7-9-18-8-5-6-10-20(18)21/h7,9,11-15,27H,3-6,8,10,16H2,1-2H3. The minimum atomic E-state index is -0.692. The molecule has 0 bridgehead atoms. The van der Waals surface area contributed by atoms with E-state index < -0.39 is 11.9 Å². The van der Waals surface area contributed by atoms with Crippen molar-refractivity contribution in [1.82, 2.24) is 0 Å². The number of esters is 2. The largest absolute Gasteiger partial charge is 0.462 e. The van der Waals surface area contributed by atoms with Crippen LogP contribution in [0.5, 0.6) is 0 Å². The van der Waals surface area contributed by atoms with Crippen molar-refractivity contribution in [2.75, 3.05) is 18.5 Å². The minimum absolute atomic E-state index is 0.105. The second kappa shape index (κ2) is 11.0. The van der Waals surface area contributed by atoms with Crippen LogP contribution in [0.3, 0.4) is 0 Å². The van der Waals surface area contributed by atoms with E-state index in [4.69, 9.17) is 21.1 Å². The number of carbonyl (C=O) groups is 2. The van der Waals surface area contributed by atoms with Crippen LogP contribution in [-0.4, -0.2) is 25.2 Å². The first kappa shape index (κ1) is 22.9. The molecule has 0 unspecified atom stereocenters. The molecular weight excluding hydrogens is 414 g/mol. The molecule has 2 aromatic carbocycles. The highest BCUT2D eigenvalue weighted by molar-refractivity contribution is 6.30. The van der Waals surface area contributed by atoms with E-state index in [1.807, 2.05) is 24.3 Å². The smallest absolute Gasteiger partial charge is 0.347 e. The van der Waals surface area contributed by atoms with Crippen molar-refractivity contribution in [1.29, 1.82) is 0 Å². The number of ether oxygens (including phenoxy) is 2. The van der Waals surface area contributed by atoms with Crippen molar-refractivity contribution >= 4 is 29.2 Å². The molecule has 0 saturated carbocycles. The Morgan fingerprint density at radius 3 is 2.23 bits per heavy atom. The summed E-state index contributed by atoms with van der Waals surface area (Å²) in [6.45, 7) is 3.74. The monoisotopic (exact) mass is 441 g/mol. The molecule has 0 saturated heterocycles. The molecule has 0 aliphatic heterocycles. The molecule has 1 aliphatic rings. The zero-order chi connectivity index (χ0) is 22.2. The van der Waals surface area contributed by atoms with Crippen molar-refractivity contribution in [3.05, 3.63) is 75.4 Å². The Balaban J connectivity index is 2.08. The highest BCUT2D eigenvalue weighted by Gasteiger charge is 2.27. The van der Waals surface area contributed by atoms with Crippen LogP contribution in [0.4, 0.5) is 5.69 Å². The molecule has 0 atom stereocenters. The molecule has 1 N–H and O–H groups in total. The first-order chi connectivity index (χ1) is 15.0. The van der Waals surface area contributed by atoms with Gasteiger partial charge in [-0.05, 0) is 74.4 Å². The van der Waals surface area contributed by atoms with Gasteiger partial charge >= 0.3 is 11.9 Å². The number of anilines is 1. The summed E-state index contributed by atoms with van der Waals surface area (Å²) >= 11 is 6.03. The third-order valence-corrected chi connectivity index (χ3v) is 5.49. The highest BCUT2D eigenvalue weighted by atomic mass is 35.5. The van der Waals surface area contributed by atoms with Gasteiger partial charge in [-0.1, -0.05) is 35.9 Å². The Morgan fingerprint density at radius 2 is 1.58 bits per heavy atom. The number of rotatable bonds is 8. The summed E-state index contributed by atoms with van der Waals surface area (Å²) in [5.41, 5.74) is 4.70. The quantitative estimate of drug-likeness (QED) is 0.262. The SMILES string of the molecule is CCOC(=O)C(C(=O)OCC)=C(Cc1ccc(Cl)cc1)Nc1cccc2c1CCCC2. The van der Waals surface area contributed by atoms with Crippen molar-refractivity contribution in [3.63, 3.8) is 0 Å². The minimum Gasteiger partial charge on any atom is -0.462 e. The van der Waals surface area contributed by atoms with Gasteiger partial charge in [0.2, 0.25) is 0 Å². The van der Waals surface area contributed by atoms with Crippen LogP contribution >= 0.6 is 11.6 Å². The topological polar surface area (TPSA) is 64.6 Å². The molecule has 1 aliphatic carbocycles. The third-order valence-electron chi connectivity index (χ3n) is 5.24. The number of aryl methyl sites for hydroxylation is 1. The van der Waals surface area contributed by atoms with E-state index in [0.717, 1.165) is 30.5 Å². The Morgan fingerprint density at radius 1 is 0.935 bits per heavy atom.